The van der Waals surface area contributed by atoms with Crippen LogP contribution in [0.5, 0.6) is 0 Å². The van der Waals surface area contributed by atoms with Crippen LogP contribution in [0.25, 0.3) is 11.1 Å². The molecule has 4 N–H and O–H groups in total. The summed E-state index contributed by atoms with van der Waals surface area (Å²) in [4.78, 5) is 24.9. The number of rotatable bonds is 4. The molecule has 5 heteroatoms. The molecule has 0 bridgehead atoms. The summed E-state index contributed by atoms with van der Waals surface area (Å²) in [6.07, 6.45) is 4.11. The minimum Gasteiger partial charge on any atom is -0.338 e. The fourth-order valence-corrected chi connectivity index (χ4v) is 3.44. The molecule has 1 saturated carbocycles. The summed E-state index contributed by atoms with van der Waals surface area (Å²) in [5, 5.41) is 2.93. The van der Waals surface area contributed by atoms with Crippen molar-refractivity contribution >= 4 is 11.8 Å². The van der Waals surface area contributed by atoms with Crippen molar-refractivity contribution in [1.29, 1.82) is 0 Å². The molecule has 130 valence electrons. The Morgan fingerprint density at radius 3 is 2.04 bits per heavy atom. The Labute approximate surface area is 147 Å². The van der Waals surface area contributed by atoms with Crippen molar-refractivity contribution in [3.8, 4) is 11.1 Å². The molecule has 0 atom stereocenters. The lowest BCUT2D eigenvalue weighted by molar-refractivity contribution is -0.128. The van der Waals surface area contributed by atoms with Crippen molar-refractivity contribution in [3.05, 3.63) is 60.2 Å². The first kappa shape index (κ1) is 17.2. The van der Waals surface area contributed by atoms with E-state index in [1.54, 1.807) is 12.1 Å². The zero-order valence-electron chi connectivity index (χ0n) is 14.1. The maximum Gasteiger partial charge on any atom is 0.259 e. The highest BCUT2D eigenvalue weighted by Crippen LogP contribution is 2.29. The number of carbonyl (C=O) groups is 2. The summed E-state index contributed by atoms with van der Waals surface area (Å²) in [7, 11) is 0. The summed E-state index contributed by atoms with van der Waals surface area (Å²) in [6.45, 7) is 0. The lowest BCUT2D eigenvalue weighted by Crippen LogP contribution is -2.61. The summed E-state index contributed by atoms with van der Waals surface area (Å²) in [6, 6.07) is 17.4. The number of hydrazine groups is 1. The number of hydrogen-bond acceptors (Lipinski definition) is 3. The van der Waals surface area contributed by atoms with E-state index in [0.29, 0.717) is 18.4 Å². The SMILES string of the molecule is NNC(=O)C1(NC(=O)c2ccc(-c3ccccc3)cc2)CCCCC1. The van der Waals surface area contributed by atoms with E-state index in [-0.39, 0.29) is 11.8 Å². The van der Waals surface area contributed by atoms with Gasteiger partial charge in [-0.25, -0.2) is 5.84 Å². The molecule has 1 aliphatic rings. The van der Waals surface area contributed by atoms with Crippen LogP contribution in [0.15, 0.2) is 54.6 Å². The van der Waals surface area contributed by atoms with Gasteiger partial charge >= 0.3 is 0 Å². The molecule has 0 aromatic heterocycles. The first-order valence-electron chi connectivity index (χ1n) is 8.64. The predicted molar refractivity (Wildman–Crippen MR) is 97.5 cm³/mol. The predicted octanol–water partition coefficient (Wildman–Crippen LogP) is 2.78. The minimum absolute atomic E-state index is 0.245. The summed E-state index contributed by atoms with van der Waals surface area (Å²) < 4.78 is 0. The van der Waals surface area contributed by atoms with E-state index in [2.05, 4.69) is 10.7 Å². The number of carbonyl (C=O) groups excluding carboxylic acids is 2. The molecule has 5 nitrogen and oxygen atoms in total. The van der Waals surface area contributed by atoms with Crippen molar-refractivity contribution in [3.63, 3.8) is 0 Å². The molecule has 0 heterocycles. The molecule has 0 radical (unpaired) electrons. The van der Waals surface area contributed by atoms with Gasteiger partial charge < -0.3 is 5.32 Å². The van der Waals surface area contributed by atoms with Gasteiger partial charge in [0, 0.05) is 5.56 Å². The van der Waals surface area contributed by atoms with Crippen LogP contribution in [0.2, 0.25) is 0 Å². The van der Waals surface area contributed by atoms with Gasteiger partial charge in [0.15, 0.2) is 0 Å². The third kappa shape index (κ3) is 3.72. The Kier molecular flexibility index (Phi) is 5.14. The van der Waals surface area contributed by atoms with Crippen LogP contribution >= 0.6 is 0 Å². The van der Waals surface area contributed by atoms with Crippen molar-refractivity contribution in [2.75, 3.05) is 0 Å². The standard InChI is InChI=1S/C20H23N3O2/c21-23-19(25)20(13-5-2-6-14-20)22-18(24)17-11-9-16(10-12-17)15-7-3-1-4-8-15/h1,3-4,7-12H,2,5-6,13-14,21H2,(H,22,24)(H,23,25). The van der Waals surface area contributed by atoms with E-state index < -0.39 is 5.54 Å². The lowest BCUT2D eigenvalue weighted by Gasteiger charge is -2.36. The average molecular weight is 337 g/mol. The molecule has 0 spiro atoms. The Morgan fingerprint density at radius 1 is 0.840 bits per heavy atom. The van der Waals surface area contributed by atoms with Gasteiger partial charge in [-0.15, -0.1) is 0 Å². The molecule has 1 aliphatic carbocycles. The van der Waals surface area contributed by atoms with E-state index in [9.17, 15) is 9.59 Å². The molecular formula is C20H23N3O2. The first-order valence-corrected chi connectivity index (χ1v) is 8.64. The third-order valence-corrected chi connectivity index (χ3v) is 4.88. The van der Waals surface area contributed by atoms with E-state index in [4.69, 9.17) is 5.84 Å². The average Bonchev–Trinajstić information content (AvgIpc) is 2.68. The van der Waals surface area contributed by atoms with Crippen LogP contribution in [0, 0.1) is 0 Å². The van der Waals surface area contributed by atoms with Gasteiger partial charge in [0.25, 0.3) is 11.8 Å². The second-order valence-electron chi connectivity index (χ2n) is 6.51. The van der Waals surface area contributed by atoms with Gasteiger partial charge in [0.2, 0.25) is 0 Å². The van der Waals surface area contributed by atoms with Crippen LogP contribution in [0.4, 0.5) is 0 Å². The molecule has 0 saturated heterocycles. The fourth-order valence-electron chi connectivity index (χ4n) is 3.44. The zero-order chi connectivity index (χ0) is 17.7. The number of amides is 2. The van der Waals surface area contributed by atoms with Crippen LogP contribution < -0.4 is 16.6 Å². The second kappa shape index (κ2) is 7.49. The number of hydrogen-bond donors (Lipinski definition) is 3. The van der Waals surface area contributed by atoms with Crippen molar-refractivity contribution in [2.24, 2.45) is 5.84 Å². The highest BCUT2D eigenvalue weighted by atomic mass is 16.2. The molecule has 25 heavy (non-hydrogen) atoms. The first-order chi connectivity index (χ1) is 12.1. The Hall–Kier alpha value is -2.66. The van der Waals surface area contributed by atoms with Gasteiger partial charge in [0.1, 0.15) is 5.54 Å². The maximum atomic E-state index is 12.7. The molecule has 0 unspecified atom stereocenters. The van der Waals surface area contributed by atoms with Crippen LogP contribution in [-0.4, -0.2) is 17.4 Å². The van der Waals surface area contributed by atoms with Gasteiger partial charge in [-0.1, -0.05) is 61.7 Å². The highest BCUT2D eigenvalue weighted by Gasteiger charge is 2.40. The Morgan fingerprint density at radius 2 is 1.44 bits per heavy atom. The summed E-state index contributed by atoms with van der Waals surface area (Å²) in [5.74, 6) is 4.77. The van der Waals surface area contributed by atoms with Gasteiger partial charge in [-0.3, -0.25) is 15.0 Å². The molecule has 2 aromatic carbocycles. The normalized spacial score (nSPS) is 16.0. The van der Waals surface area contributed by atoms with E-state index >= 15 is 0 Å². The number of benzene rings is 2. The van der Waals surface area contributed by atoms with Crippen molar-refractivity contribution in [1.82, 2.24) is 10.7 Å². The van der Waals surface area contributed by atoms with Crippen LogP contribution in [0.1, 0.15) is 42.5 Å². The van der Waals surface area contributed by atoms with E-state index in [1.807, 2.05) is 42.5 Å². The van der Waals surface area contributed by atoms with Crippen LogP contribution in [-0.2, 0) is 4.79 Å². The quantitative estimate of drug-likeness (QED) is 0.456. The number of nitrogens with one attached hydrogen (secondary N) is 2. The molecule has 3 rings (SSSR count). The fraction of sp³-hybridized carbons (Fsp3) is 0.300. The van der Waals surface area contributed by atoms with Crippen LogP contribution in [0.3, 0.4) is 0 Å². The largest absolute Gasteiger partial charge is 0.338 e. The molecule has 2 amide bonds. The Bertz CT molecular complexity index is 735. The zero-order valence-corrected chi connectivity index (χ0v) is 14.1. The van der Waals surface area contributed by atoms with E-state index in [0.717, 1.165) is 30.4 Å². The Balaban J connectivity index is 1.77. The van der Waals surface area contributed by atoms with Gasteiger partial charge in [-0.05, 0) is 36.1 Å². The second-order valence-corrected chi connectivity index (χ2v) is 6.51. The molecule has 0 aliphatic heterocycles. The van der Waals surface area contributed by atoms with Crippen molar-refractivity contribution < 1.29 is 9.59 Å². The highest BCUT2D eigenvalue weighted by molar-refractivity contribution is 5.99. The van der Waals surface area contributed by atoms with E-state index in [1.165, 1.54) is 0 Å². The maximum absolute atomic E-state index is 12.7. The molecular weight excluding hydrogens is 314 g/mol. The molecule has 2 aromatic rings. The van der Waals surface area contributed by atoms with Crippen molar-refractivity contribution in [2.45, 2.75) is 37.6 Å². The summed E-state index contributed by atoms with van der Waals surface area (Å²) in [5.41, 5.74) is 3.99. The van der Waals surface area contributed by atoms with Gasteiger partial charge in [-0.2, -0.15) is 0 Å². The smallest absolute Gasteiger partial charge is 0.259 e. The summed E-state index contributed by atoms with van der Waals surface area (Å²) >= 11 is 0. The topological polar surface area (TPSA) is 84.2 Å². The lowest BCUT2D eigenvalue weighted by atomic mass is 9.80. The number of nitrogens with two attached hydrogens (primary N) is 1. The third-order valence-electron chi connectivity index (χ3n) is 4.88. The minimum atomic E-state index is -0.901. The molecule has 1 fully saturated rings. The van der Waals surface area contributed by atoms with Gasteiger partial charge in [0.05, 0.1) is 0 Å². The monoisotopic (exact) mass is 337 g/mol.